The summed E-state index contributed by atoms with van der Waals surface area (Å²) >= 11 is 5.93. The minimum Gasteiger partial charge on any atom is -0.460 e. The summed E-state index contributed by atoms with van der Waals surface area (Å²) in [6.07, 6.45) is 0.788. The molecule has 0 aliphatic carbocycles. The van der Waals surface area contributed by atoms with Crippen LogP contribution in [0.25, 0.3) is 0 Å². The molecule has 1 fully saturated rings. The number of urea groups is 1. The molecular weight excluding hydrogens is 382 g/mol. The first-order valence-electron chi connectivity index (χ1n) is 9.40. The summed E-state index contributed by atoms with van der Waals surface area (Å²) in [5.41, 5.74) is 0.0700. The van der Waals surface area contributed by atoms with Crippen LogP contribution in [-0.4, -0.2) is 59.0 Å². The zero-order chi connectivity index (χ0) is 20.9. The van der Waals surface area contributed by atoms with Crippen molar-refractivity contribution >= 4 is 35.2 Å². The Morgan fingerprint density at radius 1 is 1.29 bits per heavy atom. The van der Waals surface area contributed by atoms with E-state index in [1.165, 1.54) is 4.90 Å². The first-order chi connectivity index (χ1) is 13.1. The van der Waals surface area contributed by atoms with Crippen LogP contribution in [0.1, 0.15) is 40.5 Å². The molecule has 7 nitrogen and oxygen atoms in total. The van der Waals surface area contributed by atoms with Gasteiger partial charge < -0.3 is 19.9 Å². The van der Waals surface area contributed by atoms with Gasteiger partial charge in [0.05, 0.1) is 0 Å². The zero-order valence-corrected chi connectivity index (χ0v) is 17.6. The molecule has 0 spiro atoms. The smallest absolute Gasteiger partial charge is 0.322 e. The van der Waals surface area contributed by atoms with Gasteiger partial charge in [0, 0.05) is 36.8 Å². The van der Waals surface area contributed by atoms with Crippen molar-refractivity contribution in [3.05, 3.63) is 29.3 Å². The number of esters is 1. The van der Waals surface area contributed by atoms with Crippen molar-refractivity contribution < 1.29 is 19.1 Å². The minimum absolute atomic E-state index is 0.128. The number of nitrogens with zero attached hydrogens (tertiary/aromatic N) is 2. The van der Waals surface area contributed by atoms with Crippen molar-refractivity contribution in [2.45, 2.75) is 52.2 Å². The number of hydrogen-bond donors (Lipinski definition) is 1. The number of rotatable bonds is 5. The topological polar surface area (TPSA) is 79.0 Å². The molecule has 1 N–H and O–H groups in total. The Labute approximate surface area is 171 Å². The van der Waals surface area contributed by atoms with Crippen LogP contribution in [0.3, 0.4) is 0 Å². The zero-order valence-electron chi connectivity index (χ0n) is 16.8. The summed E-state index contributed by atoms with van der Waals surface area (Å²) < 4.78 is 5.28. The highest BCUT2D eigenvalue weighted by Gasteiger charge is 2.34. The summed E-state index contributed by atoms with van der Waals surface area (Å²) in [6, 6.07) is 5.95. The Balaban J connectivity index is 1.84. The Morgan fingerprint density at radius 3 is 2.64 bits per heavy atom. The first-order valence-corrected chi connectivity index (χ1v) is 9.78. The Bertz CT molecular complexity index is 732. The molecule has 1 aromatic rings. The molecule has 0 saturated carbocycles. The van der Waals surface area contributed by atoms with Gasteiger partial charge in [0.1, 0.15) is 11.6 Å². The van der Waals surface area contributed by atoms with Gasteiger partial charge in [0.25, 0.3) is 0 Å². The lowest BCUT2D eigenvalue weighted by atomic mass is 10.1. The number of halogens is 1. The number of ether oxygens (including phenoxy) is 1. The first kappa shape index (κ1) is 22.0. The molecule has 1 aliphatic rings. The maximum atomic E-state index is 12.6. The van der Waals surface area contributed by atoms with Gasteiger partial charge in [-0.15, -0.1) is 0 Å². The van der Waals surface area contributed by atoms with Crippen molar-refractivity contribution in [3.8, 4) is 0 Å². The van der Waals surface area contributed by atoms with E-state index in [1.54, 1.807) is 36.1 Å². The third-order valence-electron chi connectivity index (χ3n) is 4.31. The van der Waals surface area contributed by atoms with Crippen molar-refractivity contribution in [3.63, 3.8) is 0 Å². The predicted octanol–water partition coefficient (Wildman–Crippen LogP) is 3.53. The summed E-state index contributed by atoms with van der Waals surface area (Å²) in [5, 5.41) is 3.29. The molecule has 1 atom stereocenters. The molecule has 0 bridgehead atoms. The summed E-state index contributed by atoms with van der Waals surface area (Å²) in [4.78, 5) is 40.1. The number of anilines is 1. The number of piperazine rings is 1. The van der Waals surface area contributed by atoms with E-state index >= 15 is 0 Å². The van der Waals surface area contributed by atoms with E-state index in [0.717, 1.165) is 0 Å². The fourth-order valence-corrected chi connectivity index (χ4v) is 3.19. The SMILES string of the molecule is CC1C(=O)N(CCCC(=O)OC(C)(C)C)CCN1C(=O)Nc1cccc(Cl)c1. The Morgan fingerprint density at radius 2 is 2.00 bits per heavy atom. The highest BCUT2D eigenvalue weighted by atomic mass is 35.5. The molecule has 154 valence electrons. The van der Waals surface area contributed by atoms with Crippen molar-refractivity contribution in [1.82, 2.24) is 9.80 Å². The monoisotopic (exact) mass is 409 g/mol. The summed E-state index contributed by atoms with van der Waals surface area (Å²) in [5.74, 6) is -0.399. The largest absolute Gasteiger partial charge is 0.460 e. The molecule has 28 heavy (non-hydrogen) atoms. The fraction of sp³-hybridized carbons (Fsp3) is 0.550. The van der Waals surface area contributed by atoms with Crippen molar-refractivity contribution in [2.75, 3.05) is 25.0 Å². The van der Waals surface area contributed by atoms with E-state index in [2.05, 4.69) is 5.32 Å². The molecule has 1 saturated heterocycles. The van der Waals surface area contributed by atoms with E-state index < -0.39 is 11.6 Å². The highest BCUT2D eigenvalue weighted by molar-refractivity contribution is 6.30. The van der Waals surface area contributed by atoms with E-state index in [4.69, 9.17) is 16.3 Å². The maximum absolute atomic E-state index is 12.6. The Kier molecular flexibility index (Phi) is 7.29. The second kappa shape index (κ2) is 9.28. The lowest BCUT2D eigenvalue weighted by Crippen LogP contribution is -2.58. The highest BCUT2D eigenvalue weighted by Crippen LogP contribution is 2.18. The van der Waals surface area contributed by atoms with Crippen LogP contribution < -0.4 is 5.32 Å². The van der Waals surface area contributed by atoms with Gasteiger partial charge in [-0.3, -0.25) is 9.59 Å². The van der Waals surface area contributed by atoms with Gasteiger partial charge in [-0.1, -0.05) is 17.7 Å². The molecule has 0 aromatic heterocycles. The molecule has 2 rings (SSSR count). The Hall–Kier alpha value is -2.28. The van der Waals surface area contributed by atoms with E-state index in [0.29, 0.717) is 36.8 Å². The lowest BCUT2D eigenvalue weighted by molar-refractivity contribution is -0.155. The predicted molar refractivity (Wildman–Crippen MR) is 108 cm³/mol. The van der Waals surface area contributed by atoms with E-state index in [-0.39, 0.29) is 24.3 Å². The molecule has 0 radical (unpaired) electrons. The standard InChI is InChI=1S/C20H28ClN3O4/c1-14-18(26)23(10-6-9-17(25)28-20(2,3)4)11-12-24(14)19(27)22-16-8-5-7-15(21)13-16/h5,7-8,13-14H,6,9-12H2,1-4H3,(H,22,27). The van der Waals surface area contributed by atoms with Crippen LogP contribution in [0, 0.1) is 0 Å². The molecule has 8 heteroatoms. The molecule has 1 aromatic carbocycles. The quantitative estimate of drug-likeness (QED) is 0.754. The van der Waals surface area contributed by atoms with Gasteiger partial charge in [-0.05, 0) is 52.3 Å². The van der Waals surface area contributed by atoms with Crippen LogP contribution >= 0.6 is 11.6 Å². The normalized spacial score (nSPS) is 17.5. The fourth-order valence-electron chi connectivity index (χ4n) is 3.00. The van der Waals surface area contributed by atoms with Crippen molar-refractivity contribution in [2.24, 2.45) is 0 Å². The molecule has 1 unspecified atom stereocenters. The number of carbonyl (C=O) groups is 3. The van der Waals surface area contributed by atoms with Gasteiger partial charge >= 0.3 is 12.0 Å². The van der Waals surface area contributed by atoms with E-state index in [9.17, 15) is 14.4 Å². The molecular formula is C20H28ClN3O4. The molecule has 1 heterocycles. The average molecular weight is 410 g/mol. The van der Waals surface area contributed by atoms with Crippen molar-refractivity contribution in [1.29, 1.82) is 0 Å². The maximum Gasteiger partial charge on any atom is 0.322 e. The number of carbonyl (C=O) groups excluding carboxylic acids is 3. The van der Waals surface area contributed by atoms with Gasteiger partial charge in [-0.25, -0.2) is 4.79 Å². The van der Waals surface area contributed by atoms with Crippen LogP contribution in [0.4, 0.5) is 10.5 Å². The third kappa shape index (κ3) is 6.41. The van der Waals surface area contributed by atoms with Crippen LogP contribution in [0.5, 0.6) is 0 Å². The van der Waals surface area contributed by atoms with Gasteiger partial charge in [0.15, 0.2) is 0 Å². The second-order valence-corrected chi connectivity index (χ2v) is 8.26. The van der Waals surface area contributed by atoms with Crippen LogP contribution in [-0.2, 0) is 14.3 Å². The number of hydrogen-bond acceptors (Lipinski definition) is 4. The van der Waals surface area contributed by atoms with E-state index in [1.807, 2.05) is 20.8 Å². The average Bonchev–Trinajstić information content (AvgIpc) is 2.57. The number of amides is 3. The number of nitrogens with one attached hydrogen (secondary N) is 1. The summed E-state index contributed by atoms with van der Waals surface area (Å²) in [6.45, 7) is 8.50. The molecule has 1 aliphatic heterocycles. The third-order valence-corrected chi connectivity index (χ3v) is 4.55. The van der Waals surface area contributed by atoms with Crippen LogP contribution in [0.15, 0.2) is 24.3 Å². The minimum atomic E-state index is -0.575. The van der Waals surface area contributed by atoms with Crippen LogP contribution in [0.2, 0.25) is 5.02 Å². The van der Waals surface area contributed by atoms with Gasteiger partial charge in [-0.2, -0.15) is 0 Å². The second-order valence-electron chi connectivity index (χ2n) is 7.83. The van der Waals surface area contributed by atoms with Gasteiger partial charge in [0.2, 0.25) is 5.91 Å². The summed E-state index contributed by atoms with van der Waals surface area (Å²) in [7, 11) is 0. The molecule has 3 amide bonds. The lowest BCUT2D eigenvalue weighted by Gasteiger charge is -2.39. The number of benzene rings is 1.